The van der Waals surface area contributed by atoms with Crippen molar-refractivity contribution in [2.75, 3.05) is 18.0 Å². The van der Waals surface area contributed by atoms with Gasteiger partial charge in [0.1, 0.15) is 11.6 Å². The molecular formula is C16H17N5. The van der Waals surface area contributed by atoms with E-state index in [1.807, 2.05) is 49.8 Å². The number of rotatable bonds is 3. The first-order valence-electron chi connectivity index (χ1n) is 7.24. The Bertz CT molecular complexity index is 773. The van der Waals surface area contributed by atoms with Gasteiger partial charge in [0.25, 0.3) is 0 Å². The van der Waals surface area contributed by atoms with Gasteiger partial charge in [-0.25, -0.2) is 9.97 Å². The monoisotopic (exact) mass is 279 g/mol. The molecule has 3 aromatic rings. The van der Waals surface area contributed by atoms with Gasteiger partial charge >= 0.3 is 0 Å². The topological polar surface area (TPSA) is 46.8 Å². The average Bonchev–Trinajstić information content (AvgIpc) is 2.87. The highest BCUT2D eigenvalue weighted by Crippen LogP contribution is 2.25. The maximum absolute atomic E-state index is 4.69. The van der Waals surface area contributed by atoms with Crippen LogP contribution in [0.2, 0.25) is 0 Å². The molecule has 0 unspecified atom stereocenters. The Balaban J connectivity index is 1.45. The van der Waals surface area contributed by atoms with Crippen molar-refractivity contribution >= 4 is 16.9 Å². The number of aromatic nitrogens is 4. The molecule has 3 heterocycles. The summed E-state index contributed by atoms with van der Waals surface area (Å²) in [6.07, 6.45) is 5.79. The lowest BCUT2D eigenvalue weighted by molar-refractivity contribution is 0.352. The minimum Gasteiger partial charge on any atom is -0.354 e. The highest BCUT2D eigenvalue weighted by atomic mass is 15.3. The summed E-state index contributed by atoms with van der Waals surface area (Å²) < 4.78 is 2.22. The molecule has 1 fully saturated rings. The standard InChI is InChI=1S/C16H17N5/c1-12-17-6-7-20(12)9-13-10-21(11-13)16-8-18-14-4-2-3-5-15(14)19-16/h2-8,13H,9-11H2,1H3. The lowest BCUT2D eigenvalue weighted by Crippen LogP contribution is -2.49. The Hall–Kier alpha value is -2.43. The maximum atomic E-state index is 4.69. The van der Waals surface area contributed by atoms with Crippen molar-refractivity contribution in [3.05, 3.63) is 48.7 Å². The minimum atomic E-state index is 0.658. The van der Waals surface area contributed by atoms with Gasteiger partial charge in [0, 0.05) is 37.9 Å². The quantitative estimate of drug-likeness (QED) is 0.738. The van der Waals surface area contributed by atoms with E-state index in [0.717, 1.165) is 42.3 Å². The SMILES string of the molecule is Cc1nccn1CC1CN(c2cnc3ccccc3n2)C1. The number of hydrogen-bond acceptors (Lipinski definition) is 4. The highest BCUT2D eigenvalue weighted by molar-refractivity contribution is 5.75. The predicted octanol–water partition coefficient (Wildman–Crippen LogP) is 2.27. The molecule has 0 N–H and O–H groups in total. The molecule has 0 bridgehead atoms. The van der Waals surface area contributed by atoms with Gasteiger partial charge in [0.15, 0.2) is 0 Å². The normalized spacial score (nSPS) is 15.4. The summed E-state index contributed by atoms with van der Waals surface area (Å²) in [5.41, 5.74) is 1.91. The van der Waals surface area contributed by atoms with Crippen LogP contribution in [0.5, 0.6) is 0 Å². The molecule has 2 aromatic heterocycles. The van der Waals surface area contributed by atoms with Gasteiger partial charge in [-0.2, -0.15) is 0 Å². The third kappa shape index (κ3) is 2.24. The first kappa shape index (κ1) is 12.3. The second-order valence-electron chi connectivity index (χ2n) is 5.61. The fourth-order valence-electron chi connectivity index (χ4n) is 2.85. The van der Waals surface area contributed by atoms with E-state index in [1.54, 1.807) is 0 Å². The predicted molar refractivity (Wildman–Crippen MR) is 82.2 cm³/mol. The summed E-state index contributed by atoms with van der Waals surface area (Å²) in [7, 11) is 0. The molecule has 1 saturated heterocycles. The van der Waals surface area contributed by atoms with E-state index in [4.69, 9.17) is 4.98 Å². The second-order valence-corrected chi connectivity index (χ2v) is 5.61. The van der Waals surface area contributed by atoms with Crippen LogP contribution >= 0.6 is 0 Å². The third-order valence-corrected chi connectivity index (χ3v) is 4.10. The lowest BCUT2D eigenvalue weighted by Gasteiger charge is -2.40. The van der Waals surface area contributed by atoms with Gasteiger partial charge in [-0.05, 0) is 19.1 Å². The van der Waals surface area contributed by atoms with Crippen molar-refractivity contribution < 1.29 is 0 Å². The van der Waals surface area contributed by atoms with Crippen molar-refractivity contribution in [3.8, 4) is 0 Å². The third-order valence-electron chi connectivity index (χ3n) is 4.10. The first-order valence-corrected chi connectivity index (χ1v) is 7.24. The summed E-state index contributed by atoms with van der Waals surface area (Å²) in [5, 5.41) is 0. The number of aryl methyl sites for hydroxylation is 1. The molecule has 106 valence electrons. The average molecular weight is 279 g/mol. The number of nitrogens with zero attached hydrogens (tertiary/aromatic N) is 5. The number of benzene rings is 1. The molecule has 1 aliphatic heterocycles. The Labute approximate surface area is 123 Å². The summed E-state index contributed by atoms with van der Waals surface area (Å²) in [4.78, 5) is 15.7. The van der Waals surface area contributed by atoms with Crippen molar-refractivity contribution in [1.29, 1.82) is 0 Å². The number of para-hydroxylation sites is 2. The lowest BCUT2D eigenvalue weighted by atomic mass is 10.0. The van der Waals surface area contributed by atoms with E-state index in [2.05, 4.69) is 19.4 Å². The molecule has 4 rings (SSSR count). The summed E-state index contributed by atoms with van der Waals surface area (Å²) in [6.45, 7) is 5.14. The summed E-state index contributed by atoms with van der Waals surface area (Å²) in [5.74, 6) is 2.72. The zero-order valence-corrected chi connectivity index (χ0v) is 12.0. The highest BCUT2D eigenvalue weighted by Gasteiger charge is 2.28. The van der Waals surface area contributed by atoms with Crippen LogP contribution in [0.1, 0.15) is 5.82 Å². The van der Waals surface area contributed by atoms with E-state index in [0.29, 0.717) is 5.92 Å². The molecule has 21 heavy (non-hydrogen) atoms. The van der Waals surface area contributed by atoms with Crippen molar-refractivity contribution in [1.82, 2.24) is 19.5 Å². The number of imidazole rings is 1. The van der Waals surface area contributed by atoms with Crippen LogP contribution in [0.25, 0.3) is 11.0 Å². The van der Waals surface area contributed by atoms with E-state index in [-0.39, 0.29) is 0 Å². The molecule has 0 spiro atoms. The Kier molecular flexibility index (Phi) is 2.84. The number of anilines is 1. The molecule has 0 radical (unpaired) electrons. The van der Waals surface area contributed by atoms with Crippen LogP contribution in [0.4, 0.5) is 5.82 Å². The molecule has 5 nitrogen and oxygen atoms in total. The number of fused-ring (bicyclic) bond motifs is 1. The van der Waals surface area contributed by atoms with Crippen molar-refractivity contribution in [2.45, 2.75) is 13.5 Å². The molecule has 5 heteroatoms. The molecule has 0 saturated carbocycles. The maximum Gasteiger partial charge on any atom is 0.147 e. The van der Waals surface area contributed by atoms with E-state index >= 15 is 0 Å². The fraction of sp³-hybridized carbons (Fsp3) is 0.312. The van der Waals surface area contributed by atoms with Gasteiger partial charge in [-0.1, -0.05) is 12.1 Å². The van der Waals surface area contributed by atoms with Crippen LogP contribution < -0.4 is 4.90 Å². The first-order chi connectivity index (χ1) is 10.3. The molecule has 0 atom stereocenters. The van der Waals surface area contributed by atoms with Gasteiger partial charge in [-0.15, -0.1) is 0 Å². The molecule has 0 amide bonds. The van der Waals surface area contributed by atoms with Gasteiger partial charge in [-0.3, -0.25) is 4.98 Å². The van der Waals surface area contributed by atoms with Crippen LogP contribution in [-0.2, 0) is 6.54 Å². The molecular weight excluding hydrogens is 262 g/mol. The molecule has 1 aromatic carbocycles. The van der Waals surface area contributed by atoms with Crippen LogP contribution in [0.3, 0.4) is 0 Å². The van der Waals surface area contributed by atoms with Crippen molar-refractivity contribution in [3.63, 3.8) is 0 Å². The van der Waals surface area contributed by atoms with Crippen LogP contribution in [-0.4, -0.2) is 32.6 Å². The van der Waals surface area contributed by atoms with E-state index < -0.39 is 0 Å². The second kappa shape index (κ2) is 4.84. The molecule has 0 aliphatic carbocycles. The summed E-state index contributed by atoms with van der Waals surface area (Å²) >= 11 is 0. The zero-order chi connectivity index (χ0) is 14.2. The van der Waals surface area contributed by atoms with Crippen LogP contribution in [0, 0.1) is 12.8 Å². The van der Waals surface area contributed by atoms with Gasteiger partial charge < -0.3 is 9.47 Å². The Morgan fingerprint density at radius 3 is 2.71 bits per heavy atom. The van der Waals surface area contributed by atoms with Gasteiger partial charge in [0.2, 0.25) is 0 Å². The zero-order valence-electron chi connectivity index (χ0n) is 12.0. The Morgan fingerprint density at radius 2 is 1.95 bits per heavy atom. The van der Waals surface area contributed by atoms with Crippen LogP contribution in [0.15, 0.2) is 42.9 Å². The largest absolute Gasteiger partial charge is 0.354 e. The summed E-state index contributed by atoms with van der Waals surface area (Å²) in [6, 6.07) is 8.00. The molecule has 1 aliphatic rings. The van der Waals surface area contributed by atoms with E-state index in [9.17, 15) is 0 Å². The van der Waals surface area contributed by atoms with Crippen molar-refractivity contribution in [2.24, 2.45) is 5.92 Å². The van der Waals surface area contributed by atoms with Gasteiger partial charge in [0.05, 0.1) is 17.2 Å². The minimum absolute atomic E-state index is 0.658. The van der Waals surface area contributed by atoms with E-state index in [1.165, 1.54) is 0 Å². The fourth-order valence-corrected chi connectivity index (χ4v) is 2.85. The Morgan fingerprint density at radius 1 is 1.14 bits per heavy atom. The smallest absolute Gasteiger partial charge is 0.147 e. The number of hydrogen-bond donors (Lipinski definition) is 0.